The molecule has 0 spiro atoms. The summed E-state index contributed by atoms with van der Waals surface area (Å²) in [6, 6.07) is 85.8. The summed E-state index contributed by atoms with van der Waals surface area (Å²) in [5.41, 5.74) is 18.3. The van der Waals surface area contributed by atoms with E-state index in [1.165, 1.54) is 84.3 Å². The van der Waals surface area contributed by atoms with Gasteiger partial charge < -0.3 is 9.47 Å². The van der Waals surface area contributed by atoms with Crippen LogP contribution in [0, 0.1) is 0 Å². The van der Waals surface area contributed by atoms with Crippen LogP contribution in [0.2, 0.25) is 0 Å². The van der Waals surface area contributed by atoms with Crippen molar-refractivity contribution in [1.82, 2.24) is 0 Å². The molecule has 0 aliphatic carbocycles. The van der Waals surface area contributed by atoms with Gasteiger partial charge >= 0.3 is 11.9 Å². The van der Waals surface area contributed by atoms with Crippen molar-refractivity contribution in [2.45, 2.75) is 71.9 Å². The second-order valence-corrected chi connectivity index (χ2v) is 19.9. The Morgan fingerprint density at radius 2 is 0.642 bits per heavy atom. The topological polar surface area (TPSA) is 60.4 Å². The number of aryl methyl sites for hydroxylation is 4. The number of pyridine rings is 2. The zero-order chi connectivity index (χ0) is 56.1. The van der Waals surface area contributed by atoms with Gasteiger partial charge in [-0.15, -0.1) is 0 Å². The lowest BCUT2D eigenvalue weighted by Crippen LogP contribution is -2.38. The van der Waals surface area contributed by atoms with Gasteiger partial charge in [0.1, 0.15) is 0 Å². The van der Waals surface area contributed by atoms with Crippen LogP contribution in [-0.2, 0) is 70.7 Å². The summed E-state index contributed by atoms with van der Waals surface area (Å²) in [5, 5.41) is 0. The lowest BCUT2D eigenvalue weighted by Gasteiger charge is -2.08. The molecule has 10 aromatic rings. The van der Waals surface area contributed by atoms with Crippen molar-refractivity contribution in [2.24, 2.45) is 0 Å². The third kappa shape index (κ3) is 19.6. The van der Waals surface area contributed by atoms with Gasteiger partial charge in [-0.3, -0.25) is 0 Å². The first kappa shape index (κ1) is 57.9. The van der Waals surface area contributed by atoms with Crippen LogP contribution >= 0.6 is 0 Å². The predicted molar refractivity (Wildman–Crippen MR) is 330 cm³/mol. The van der Waals surface area contributed by atoms with Crippen molar-refractivity contribution < 1.29 is 28.2 Å². The van der Waals surface area contributed by atoms with Crippen LogP contribution in [0.5, 0.6) is 0 Å². The van der Waals surface area contributed by atoms with Crippen LogP contribution in [0.25, 0.3) is 34.4 Å². The molecule has 6 heteroatoms. The van der Waals surface area contributed by atoms with Crippen molar-refractivity contribution in [3.63, 3.8) is 0 Å². The van der Waals surface area contributed by atoms with Crippen LogP contribution in [0.3, 0.4) is 0 Å². The summed E-state index contributed by atoms with van der Waals surface area (Å²) >= 11 is 0. The van der Waals surface area contributed by atoms with E-state index in [2.05, 4.69) is 231 Å². The molecule has 2 aromatic heterocycles. The maximum atomic E-state index is 11.5. The molecule has 0 bridgehead atoms. The number of nitrogens with zero attached hydrogens (tertiary/aromatic N) is 2. The summed E-state index contributed by atoms with van der Waals surface area (Å²) < 4.78 is 13.5. The van der Waals surface area contributed by atoms with E-state index in [0.29, 0.717) is 13.2 Å². The summed E-state index contributed by atoms with van der Waals surface area (Å²) in [6.07, 6.45) is 19.2. The van der Waals surface area contributed by atoms with Crippen LogP contribution < -0.4 is 9.13 Å². The molecule has 0 radical (unpaired) electrons. The monoisotopic (exact) mass is 1070 g/mol. The molecule has 0 atom stereocenters. The van der Waals surface area contributed by atoms with Crippen LogP contribution in [0.4, 0.5) is 0 Å². The molecule has 0 fully saturated rings. The average Bonchev–Trinajstić information content (AvgIpc) is 3.51. The van der Waals surface area contributed by atoms with Gasteiger partial charge in [-0.25, -0.2) is 9.59 Å². The number of hydrogen-bond donors (Lipinski definition) is 0. The predicted octanol–water partition coefficient (Wildman–Crippen LogP) is 15.4. The van der Waals surface area contributed by atoms with Gasteiger partial charge in [0.05, 0.1) is 13.2 Å². The van der Waals surface area contributed by atoms with Gasteiger partial charge in [0, 0.05) is 24.3 Å². The number of ether oxygens (including phenoxy) is 2. The van der Waals surface area contributed by atoms with E-state index in [0.717, 1.165) is 38.5 Å². The van der Waals surface area contributed by atoms with Gasteiger partial charge in [-0.05, 0) is 137 Å². The van der Waals surface area contributed by atoms with E-state index in [9.17, 15) is 9.59 Å². The van der Waals surface area contributed by atoms with Gasteiger partial charge in [0.15, 0.2) is 24.8 Å². The van der Waals surface area contributed by atoms with Crippen molar-refractivity contribution in [2.75, 3.05) is 13.2 Å². The Kier molecular flexibility index (Phi) is 22.9. The summed E-state index contributed by atoms with van der Waals surface area (Å²) in [4.78, 5) is 22.9. The SMILES string of the molecule is C(=Cc1ccccc1Cc1ccccc1)c1ccccc1Cc1ccccc1.CCOC(=O)C[n+]1ccc(CCc2cc[n+](CC(=O)OCC)cc2)cc1.c1ccc(-c2ccc(CCCc3ccc(-c4ccccc4)cc3)cc2)cc1. The molecule has 0 aliphatic heterocycles. The van der Waals surface area contributed by atoms with Gasteiger partial charge in [0.2, 0.25) is 13.1 Å². The minimum absolute atomic E-state index is 0.229. The Balaban J connectivity index is 0.000000160. The molecule has 81 heavy (non-hydrogen) atoms. The second-order valence-electron chi connectivity index (χ2n) is 19.9. The molecule has 2 heterocycles. The van der Waals surface area contributed by atoms with E-state index >= 15 is 0 Å². The Bertz CT molecular complexity index is 3220. The number of benzene rings is 8. The Hall–Kier alpha value is -9.26. The number of rotatable bonds is 21. The Morgan fingerprint density at radius 3 is 1.00 bits per heavy atom. The highest BCUT2D eigenvalue weighted by molar-refractivity contribution is 5.73. The van der Waals surface area contributed by atoms with Crippen molar-refractivity contribution in [3.8, 4) is 22.3 Å². The highest BCUT2D eigenvalue weighted by Crippen LogP contribution is 2.24. The number of carbonyl (C=O) groups is 2. The molecular weight excluding hydrogens is 993 g/mol. The normalized spacial score (nSPS) is 10.7. The van der Waals surface area contributed by atoms with Crippen LogP contribution in [0.15, 0.2) is 267 Å². The number of aromatic nitrogens is 2. The van der Waals surface area contributed by atoms with E-state index in [-0.39, 0.29) is 25.0 Å². The first-order chi connectivity index (χ1) is 39.9. The summed E-state index contributed by atoms with van der Waals surface area (Å²) in [7, 11) is 0. The summed E-state index contributed by atoms with van der Waals surface area (Å²) in [5.74, 6) is -0.462. The van der Waals surface area contributed by atoms with E-state index in [4.69, 9.17) is 9.47 Å². The quantitative estimate of drug-likeness (QED) is 0.0409. The first-order valence-corrected chi connectivity index (χ1v) is 28.3. The third-order valence-corrected chi connectivity index (χ3v) is 13.9. The molecule has 0 amide bonds. The van der Waals surface area contributed by atoms with Crippen molar-refractivity contribution in [3.05, 3.63) is 323 Å². The van der Waals surface area contributed by atoms with Gasteiger partial charge in [-0.1, -0.05) is 231 Å². The lowest BCUT2D eigenvalue weighted by atomic mass is 9.97. The molecule has 10 rings (SSSR count). The zero-order valence-corrected chi connectivity index (χ0v) is 46.9. The van der Waals surface area contributed by atoms with Crippen molar-refractivity contribution in [1.29, 1.82) is 0 Å². The molecule has 6 nitrogen and oxygen atoms in total. The highest BCUT2D eigenvalue weighted by Gasteiger charge is 2.12. The highest BCUT2D eigenvalue weighted by atomic mass is 16.5. The van der Waals surface area contributed by atoms with E-state index in [1.54, 1.807) is 13.8 Å². The average molecular weight is 1070 g/mol. The lowest BCUT2D eigenvalue weighted by molar-refractivity contribution is -0.686. The third-order valence-electron chi connectivity index (χ3n) is 13.9. The number of hydrogen-bond acceptors (Lipinski definition) is 4. The second kappa shape index (κ2) is 32.0. The molecule has 406 valence electrons. The molecule has 0 saturated heterocycles. The number of esters is 2. The van der Waals surface area contributed by atoms with Gasteiger partial charge in [0.25, 0.3) is 0 Å². The Labute approximate surface area is 480 Å². The minimum Gasteiger partial charge on any atom is -0.461 e. The number of carbonyl (C=O) groups excluding carboxylic acids is 2. The summed E-state index contributed by atoms with van der Waals surface area (Å²) in [6.45, 7) is 4.85. The molecular formula is C75H74N2O4+2. The fourth-order valence-electron chi connectivity index (χ4n) is 9.53. The zero-order valence-electron chi connectivity index (χ0n) is 46.9. The molecule has 0 aliphatic rings. The Morgan fingerprint density at radius 1 is 0.333 bits per heavy atom. The fraction of sp³-hybridized carbons (Fsp3) is 0.173. The van der Waals surface area contributed by atoms with E-state index in [1.807, 2.05) is 58.2 Å². The maximum absolute atomic E-state index is 11.5. The largest absolute Gasteiger partial charge is 0.461 e. The van der Waals surface area contributed by atoms with Gasteiger partial charge in [-0.2, -0.15) is 9.13 Å². The molecule has 8 aromatic carbocycles. The van der Waals surface area contributed by atoms with Crippen LogP contribution in [-0.4, -0.2) is 25.2 Å². The van der Waals surface area contributed by atoms with E-state index < -0.39 is 0 Å². The van der Waals surface area contributed by atoms with Crippen LogP contribution in [0.1, 0.15) is 75.9 Å². The fourth-order valence-corrected chi connectivity index (χ4v) is 9.53. The minimum atomic E-state index is -0.231. The smallest absolute Gasteiger partial charge is 0.372 e. The first-order valence-electron chi connectivity index (χ1n) is 28.3. The maximum Gasteiger partial charge on any atom is 0.372 e. The molecule has 0 N–H and O–H groups in total. The standard InChI is InChI=1S/C28H24.C27H24.C20H26N2O4/c1-3-11-23(12-4-1)21-27-17-9-7-15-25(27)19-20-26-16-8-10-18-28(26)22-24-13-5-2-6-14-24;1-3-10-24(11-4-1)26-18-14-22(15-19-26)8-7-9-23-16-20-27(21-17-23)25-12-5-2-6-13-25;1-3-25-19(23)15-21-11-7-17(8-12-21)5-6-18-9-13-22(14-10-18)16-20(24)26-4-2/h1-20H,21-22H2;1-6,10-21H,7-9H2;7-14H,3-6,15-16H2,1-2H3/q;;+2. The molecule has 0 unspecified atom stereocenters. The molecule has 0 saturated carbocycles. The van der Waals surface area contributed by atoms with Crippen molar-refractivity contribution >= 4 is 24.1 Å².